The van der Waals surface area contributed by atoms with Crippen molar-refractivity contribution in [2.24, 2.45) is 5.92 Å². The van der Waals surface area contributed by atoms with Crippen molar-refractivity contribution >= 4 is 6.03 Å². The summed E-state index contributed by atoms with van der Waals surface area (Å²) < 4.78 is 5.18. The van der Waals surface area contributed by atoms with Gasteiger partial charge in [-0.15, -0.1) is 0 Å². The van der Waals surface area contributed by atoms with Crippen LogP contribution in [0.5, 0.6) is 0 Å². The molecule has 1 atom stereocenters. The molecule has 130 valence electrons. The van der Waals surface area contributed by atoms with E-state index in [9.17, 15) is 9.90 Å². The van der Waals surface area contributed by atoms with E-state index in [-0.39, 0.29) is 12.6 Å². The molecule has 2 rings (SSSR count). The summed E-state index contributed by atoms with van der Waals surface area (Å²) in [6, 6.07) is 3.17. The number of likely N-dealkylation sites (tertiary alicyclic amines) is 1. The van der Waals surface area contributed by atoms with Gasteiger partial charge in [-0.3, -0.25) is 0 Å². The van der Waals surface area contributed by atoms with Gasteiger partial charge in [-0.2, -0.15) is 0 Å². The number of nitrogens with zero attached hydrogens (tertiary/aromatic N) is 1. The van der Waals surface area contributed by atoms with Gasteiger partial charge in [-0.25, -0.2) is 4.79 Å². The van der Waals surface area contributed by atoms with Gasteiger partial charge in [0.25, 0.3) is 0 Å². The van der Waals surface area contributed by atoms with Gasteiger partial charge in [0, 0.05) is 6.54 Å². The van der Waals surface area contributed by atoms with Gasteiger partial charge in [0.05, 0.1) is 12.8 Å². The molecule has 3 N–H and O–H groups in total. The maximum atomic E-state index is 11.8. The smallest absolute Gasteiger partial charge is 0.314 e. The summed E-state index contributed by atoms with van der Waals surface area (Å²) in [4.78, 5) is 14.3. The summed E-state index contributed by atoms with van der Waals surface area (Å²) in [5.41, 5.74) is -1.20. The van der Waals surface area contributed by atoms with Crippen LogP contribution >= 0.6 is 0 Å². The van der Waals surface area contributed by atoms with Crippen LogP contribution in [0.15, 0.2) is 22.8 Å². The van der Waals surface area contributed by atoms with Crippen LogP contribution in [-0.4, -0.2) is 48.8 Å². The van der Waals surface area contributed by atoms with Crippen LogP contribution in [0, 0.1) is 5.92 Å². The van der Waals surface area contributed by atoms with Crippen molar-refractivity contribution in [3.8, 4) is 0 Å². The first-order valence-electron chi connectivity index (χ1n) is 8.51. The Labute approximate surface area is 138 Å². The summed E-state index contributed by atoms with van der Waals surface area (Å²) in [5.74, 6) is 1.14. The number of nitrogens with one attached hydrogen (secondary N) is 2. The molecule has 6 nitrogen and oxygen atoms in total. The maximum Gasteiger partial charge on any atom is 0.314 e. The molecule has 0 bridgehead atoms. The third-order valence-electron chi connectivity index (χ3n) is 4.64. The van der Waals surface area contributed by atoms with Crippen molar-refractivity contribution in [1.29, 1.82) is 0 Å². The molecular weight excluding hydrogens is 294 g/mol. The largest absolute Gasteiger partial charge is 0.466 e. The van der Waals surface area contributed by atoms with E-state index in [1.54, 1.807) is 19.1 Å². The number of piperidine rings is 1. The van der Waals surface area contributed by atoms with Crippen LogP contribution in [0.2, 0.25) is 0 Å². The van der Waals surface area contributed by atoms with Gasteiger partial charge in [0.1, 0.15) is 11.4 Å². The van der Waals surface area contributed by atoms with E-state index < -0.39 is 5.60 Å². The minimum atomic E-state index is -1.20. The molecule has 6 heteroatoms. The Hall–Kier alpha value is -1.53. The first kappa shape index (κ1) is 17.8. The average Bonchev–Trinajstić information content (AvgIpc) is 3.09. The molecule has 0 radical (unpaired) electrons. The molecule has 1 unspecified atom stereocenters. The molecule has 1 saturated heterocycles. The Morgan fingerprint density at radius 3 is 2.78 bits per heavy atom. The Kier molecular flexibility index (Phi) is 6.47. The fourth-order valence-electron chi connectivity index (χ4n) is 2.97. The highest BCUT2D eigenvalue weighted by Gasteiger charge is 2.26. The SMILES string of the molecule is CCN1CCC(CCNC(=O)NCC(C)(O)c2ccco2)CC1. The van der Waals surface area contributed by atoms with Crippen molar-refractivity contribution in [3.05, 3.63) is 24.2 Å². The topological polar surface area (TPSA) is 77.7 Å². The Morgan fingerprint density at radius 2 is 2.17 bits per heavy atom. The van der Waals surface area contributed by atoms with Gasteiger partial charge in [-0.1, -0.05) is 6.92 Å². The van der Waals surface area contributed by atoms with Gasteiger partial charge in [0.2, 0.25) is 0 Å². The van der Waals surface area contributed by atoms with Crippen LogP contribution in [0.25, 0.3) is 0 Å². The summed E-state index contributed by atoms with van der Waals surface area (Å²) in [6.45, 7) is 8.06. The predicted molar refractivity (Wildman–Crippen MR) is 89.1 cm³/mol. The van der Waals surface area contributed by atoms with Crippen molar-refractivity contribution in [3.63, 3.8) is 0 Å². The van der Waals surface area contributed by atoms with Crippen LogP contribution in [0.3, 0.4) is 0 Å². The van der Waals surface area contributed by atoms with Crippen LogP contribution in [0.4, 0.5) is 4.79 Å². The second-order valence-electron chi connectivity index (χ2n) is 6.53. The van der Waals surface area contributed by atoms with Crippen LogP contribution < -0.4 is 10.6 Å². The lowest BCUT2D eigenvalue weighted by Gasteiger charge is -2.31. The summed E-state index contributed by atoms with van der Waals surface area (Å²) >= 11 is 0. The normalized spacial score (nSPS) is 19.3. The lowest BCUT2D eigenvalue weighted by atomic mass is 9.93. The molecule has 0 saturated carbocycles. The zero-order valence-corrected chi connectivity index (χ0v) is 14.2. The van der Waals surface area contributed by atoms with Crippen LogP contribution in [0.1, 0.15) is 38.9 Å². The molecular formula is C17H29N3O3. The highest BCUT2D eigenvalue weighted by molar-refractivity contribution is 5.73. The summed E-state index contributed by atoms with van der Waals surface area (Å²) in [6.07, 6.45) is 4.95. The molecule has 23 heavy (non-hydrogen) atoms. The lowest BCUT2D eigenvalue weighted by molar-refractivity contribution is 0.0367. The minimum Gasteiger partial charge on any atom is -0.466 e. The first-order valence-corrected chi connectivity index (χ1v) is 8.51. The number of urea groups is 1. The molecule has 1 aliphatic heterocycles. The van der Waals surface area contributed by atoms with E-state index in [1.165, 1.54) is 32.2 Å². The van der Waals surface area contributed by atoms with E-state index in [0.29, 0.717) is 18.2 Å². The number of aliphatic hydroxyl groups is 1. The van der Waals surface area contributed by atoms with E-state index in [0.717, 1.165) is 13.0 Å². The molecule has 2 amide bonds. The Balaban J connectivity index is 1.60. The van der Waals surface area contributed by atoms with Crippen molar-refractivity contribution in [1.82, 2.24) is 15.5 Å². The van der Waals surface area contributed by atoms with E-state index in [4.69, 9.17) is 4.42 Å². The zero-order valence-electron chi connectivity index (χ0n) is 14.2. The predicted octanol–water partition coefficient (Wildman–Crippen LogP) is 1.91. The molecule has 2 heterocycles. The quantitative estimate of drug-likeness (QED) is 0.716. The van der Waals surface area contributed by atoms with E-state index in [2.05, 4.69) is 22.5 Å². The average molecular weight is 323 g/mol. The standard InChI is InChI=1S/C17H29N3O3/c1-3-20-10-7-14(8-11-20)6-9-18-16(21)19-13-17(2,22)15-5-4-12-23-15/h4-5,12,14,22H,3,6-11,13H2,1-2H3,(H2,18,19,21). The molecule has 0 spiro atoms. The van der Waals surface area contributed by atoms with Gasteiger partial charge >= 0.3 is 6.03 Å². The van der Waals surface area contributed by atoms with Crippen LogP contribution in [-0.2, 0) is 5.60 Å². The fourth-order valence-corrected chi connectivity index (χ4v) is 2.97. The zero-order chi connectivity index (χ0) is 16.7. The fraction of sp³-hybridized carbons (Fsp3) is 0.706. The van der Waals surface area contributed by atoms with Crippen molar-refractivity contribution in [2.75, 3.05) is 32.7 Å². The third kappa shape index (κ3) is 5.55. The van der Waals surface area contributed by atoms with Gasteiger partial charge < -0.3 is 25.1 Å². The molecule has 0 aromatic carbocycles. The number of amides is 2. The summed E-state index contributed by atoms with van der Waals surface area (Å²) in [5, 5.41) is 15.8. The van der Waals surface area contributed by atoms with Gasteiger partial charge in [-0.05, 0) is 63.9 Å². The van der Waals surface area contributed by atoms with Crippen molar-refractivity contribution < 1.29 is 14.3 Å². The molecule has 1 aromatic heterocycles. The first-order chi connectivity index (χ1) is 11.0. The van der Waals surface area contributed by atoms with E-state index in [1.807, 2.05) is 0 Å². The molecule has 0 aliphatic carbocycles. The molecule has 1 aliphatic rings. The molecule has 1 aromatic rings. The number of furan rings is 1. The minimum absolute atomic E-state index is 0.112. The van der Waals surface area contributed by atoms with Gasteiger partial charge in [0.15, 0.2) is 0 Å². The number of carbonyl (C=O) groups excluding carboxylic acids is 1. The number of hydrogen-bond acceptors (Lipinski definition) is 4. The highest BCUT2D eigenvalue weighted by atomic mass is 16.4. The number of rotatable bonds is 7. The molecule has 1 fully saturated rings. The number of carbonyl (C=O) groups is 1. The monoisotopic (exact) mass is 323 g/mol. The highest BCUT2D eigenvalue weighted by Crippen LogP contribution is 2.20. The lowest BCUT2D eigenvalue weighted by Crippen LogP contribution is -2.44. The second-order valence-corrected chi connectivity index (χ2v) is 6.53. The van der Waals surface area contributed by atoms with E-state index >= 15 is 0 Å². The van der Waals surface area contributed by atoms with Crippen molar-refractivity contribution in [2.45, 2.75) is 38.7 Å². The number of hydrogen-bond donors (Lipinski definition) is 3. The maximum absolute atomic E-state index is 11.8. The third-order valence-corrected chi connectivity index (χ3v) is 4.64. The second kappa shape index (κ2) is 8.36. The summed E-state index contributed by atoms with van der Waals surface area (Å²) in [7, 11) is 0. The Bertz CT molecular complexity index is 465. The Morgan fingerprint density at radius 1 is 1.43 bits per heavy atom.